The Balaban J connectivity index is 1.08. The number of fused-ring (bicyclic) bond motifs is 1. The number of esters is 1. The minimum absolute atomic E-state index is 0.229. The third-order valence-corrected chi connectivity index (χ3v) is 8.08. The summed E-state index contributed by atoms with van der Waals surface area (Å²) in [4.78, 5) is 50.3. The summed E-state index contributed by atoms with van der Waals surface area (Å²) < 4.78 is 5.07. The van der Waals surface area contributed by atoms with Crippen molar-refractivity contribution in [2.45, 2.75) is 51.4 Å². The Morgan fingerprint density at radius 1 is 0.967 bits per heavy atom. The van der Waals surface area contributed by atoms with Crippen LogP contribution in [-0.4, -0.2) is 48.3 Å². The Bertz CT molecular complexity index is 742. The molecule has 6 rings (SSSR count). The van der Waals surface area contributed by atoms with E-state index >= 15 is 0 Å². The fourth-order valence-corrected chi connectivity index (χ4v) is 7.19. The lowest BCUT2D eigenvalue weighted by Crippen LogP contribution is -2.51. The summed E-state index contributed by atoms with van der Waals surface area (Å²) in [5.41, 5.74) is 0.229. The quantitative estimate of drug-likeness (QED) is 0.407. The molecule has 5 aliphatic carbocycles. The number of likely N-dealkylation sites (tertiary alicyclic amines) is 1. The lowest BCUT2D eigenvalue weighted by Gasteiger charge is -2.56. The molecular formula is C23H30N2O5. The summed E-state index contributed by atoms with van der Waals surface area (Å²) in [6, 6.07) is 0. The van der Waals surface area contributed by atoms with E-state index in [-0.39, 0.29) is 41.6 Å². The molecule has 7 heteroatoms. The molecule has 30 heavy (non-hydrogen) atoms. The highest BCUT2D eigenvalue weighted by Gasteiger charge is 2.51. The van der Waals surface area contributed by atoms with E-state index < -0.39 is 12.5 Å². The maximum absolute atomic E-state index is 12.4. The Morgan fingerprint density at radius 2 is 1.50 bits per heavy atom. The molecule has 0 aromatic heterocycles. The molecule has 0 unspecified atom stereocenters. The number of amides is 3. The first-order valence-electron chi connectivity index (χ1n) is 11.3. The number of carbonyl (C=O) groups excluding carboxylic acids is 4. The van der Waals surface area contributed by atoms with E-state index in [4.69, 9.17) is 4.74 Å². The van der Waals surface area contributed by atoms with Crippen molar-refractivity contribution in [3.8, 4) is 0 Å². The zero-order valence-electron chi connectivity index (χ0n) is 17.3. The highest BCUT2D eigenvalue weighted by Crippen LogP contribution is 2.59. The fourth-order valence-electron chi connectivity index (χ4n) is 7.19. The first-order valence-corrected chi connectivity index (χ1v) is 11.3. The molecule has 4 saturated carbocycles. The minimum atomic E-state index is -0.715. The molecule has 3 amide bonds. The van der Waals surface area contributed by atoms with Gasteiger partial charge in [-0.1, -0.05) is 12.2 Å². The van der Waals surface area contributed by atoms with Crippen molar-refractivity contribution in [2.24, 2.45) is 35.0 Å². The zero-order valence-corrected chi connectivity index (χ0v) is 17.3. The molecule has 5 fully saturated rings. The van der Waals surface area contributed by atoms with Crippen molar-refractivity contribution in [1.82, 2.24) is 10.2 Å². The van der Waals surface area contributed by atoms with Crippen molar-refractivity contribution in [1.29, 1.82) is 0 Å². The number of ether oxygens (including phenoxy) is 1. The van der Waals surface area contributed by atoms with Gasteiger partial charge in [0.15, 0.2) is 6.61 Å². The van der Waals surface area contributed by atoms with Crippen LogP contribution in [0.3, 0.4) is 0 Å². The van der Waals surface area contributed by atoms with Gasteiger partial charge in [0.05, 0.1) is 11.8 Å². The van der Waals surface area contributed by atoms with Gasteiger partial charge in [-0.3, -0.25) is 24.1 Å². The Morgan fingerprint density at radius 3 is 2.03 bits per heavy atom. The van der Waals surface area contributed by atoms with Gasteiger partial charge < -0.3 is 10.1 Å². The van der Waals surface area contributed by atoms with Crippen LogP contribution in [0.1, 0.15) is 51.4 Å². The van der Waals surface area contributed by atoms with Gasteiger partial charge in [-0.25, -0.2) is 0 Å². The summed E-state index contributed by atoms with van der Waals surface area (Å²) in [6.07, 6.45) is 12.6. The van der Waals surface area contributed by atoms with Crippen molar-refractivity contribution in [3.05, 3.63) is 12.2 Å². The Hall–Kier alpha value is -2.18. The summed E-state index contributed by atoms with van der Waals surface area (Å²) in [7, 11) is 0. The van der Waals surface area contributed by atoms with Crippen LogP contribution in [0.5, 0.6) is 0 Å². The van der Waals surface area contributed by atoms with Gasteiger partial charge in [0.2, 0.25) is 11.8 Å². The Labute approximate surface area is 176 Å². The third kappa shape index (κ3) is 3.56. The normalized spacial score (nSPS) is 38.7. The van der Waals surface area contributed by atoms with Gasteiger partial charge in [0.1, 0.15) is 6.54 Å². The number of carbonyl (C=O) groups is 4. The predicted octanol–water partition coefficient (Wildman–Crippen LogP) is 1.81. The molecule has 4 bridgehead atoms. The van der Waals surface area contributed by atoms with Gasteiger partial charge in [-0.2, -0.15) is 0 Å². The van der Waals surface area contributed by atoms with Crippen LogP contribution in [-0.2, 0) is 23.9 Å². The fraction of sp³-hybridized carbons (Fsp3) is 0.739. The van der Waals surface area contributed by atoms with Crippen LogP contribution in [0.25, 0.3) is 0 Å². The number of rotatable bonds is 6. The van der Waals surface area contributed by atoms with Crippen molar-refractivity contribution >= 4 is 23.7 Å². The summed E-state index contributed by atoms with van der Waals surface area (Å²) in [5, 5.41) is 2.97. The smallest absolute Gasteiger partial charge is 0.326 e. The molecule has 1 aliphatic heterocycles. The van der Waals surface area contributed by atoms with Crippen LogP contribution in [0, 0.1) is 35.0 Å². The molecule has 2 atom stereocenters. The lowest BCUT2D eigenvalue weighted by molar-refractivity contribution is -0.155. The van der Waals surface area contributed by atoms with Crippen LogP contribution in [0.15, 0.2) is 12.2 Å². The lowest BCUT2D eigenvalue weighted by atomic mass is 9.49. The maximum Gasteiger partial charge on any atom is 0.326 e. The average molecular weight is 415 g/mol. The molecule has 1 heterocycles. The van der Waals surface area contributed by atoms with Gasteiger partial charge in [-0.15, -0.1) is 0 Å². The second-order valence-corrected chi connectivity index (χ2v) is 10.3. The maximum atomic E-state index is 12.4. The van der Waals surface area contributed by atoms with E-state index in [1.54, 1.807) is 0 Å². The number of imide groups is 1. The van der Waals surface area contributed by atoms with Crippen molar-refractivity contribution < 1.29 is 23.9 Å². The standard InChI is InChI=1S/C23H30N2O5/c26-19(24-13-23-8-14-5-15(9-23)7-16(6-14)10-23)12-30-20(27)11-25-21(28)17-3-1-2-4-18(17)22(25)29/h1-2,14-18H,3-13H2,(H,24,26)/t14?,15?,16?,17-,18-,23?/m0/s1. The first-order chi connectivity index (χ1) is 14.4. The summed E-state index contributed by atoms with van der Waals surface area (Å²) >= 11 is 0. The largest absolute Gasteiger partial charge is 0.454 e. The van der Waals surface area contributed by atoms with Crippen LogP contribution < -0.4 is 5.32 Å². The molecule has 6 aliphatic rings. The molecule has 1 saturated heterocycles. The topological polar surface area (TPSA) is 92.8 Å². The van der Waals surface area contributed by atoms with Gasteiger partial charge >= 0.3 is 5.97 Å². The monoisotopic (exact) mass is 414 g/mol. The number of allylic oxidation sites excluding steroid dienone is 2. The molecule has 0 aromatic carbocycles. The average Bonchev–Trinajstić information content (AvgIpc) is 2.95. The molecular weight excluding hydrogens is 384 g/mol. The zero-order chi connectivity index (χ0) is 20.9. The van der Waals surface area contributed by atoms with Gasteiger partial charge in [0, 0.05) is 6.54 Å². The number of nitrogens with zero attached hydrogens (tertiary/aromatic N) is 1. The van der Waals surface area contributed by atoms with Crippen LogP contribution >= 0.6 is 0 Å². The highest BCUT2D eigenvalue weighted by molar-refractivity contribution is 6.07. The van der Waals surface area contributed by atoms with Crippen molar-refractivity contribution in [2.75, 3.05) is 19.7 Å². The second kappa shape index (κ2) is 7.50. The van der Waals surface area contributed by atoms with Crippen LogP contribution in [0.4, 0.5) is 0 Å². The van der Waals surface area contributed by atoms with E-state index in [2.05, 4.69) is 5.32 Å². The van der Waals surface area contributed by atoms with Gasteiger partial charge in [-0.05, 0) is 74.5 Å². The summed E-state index contributed by atoms with van der Waals surface area (Å²) in [6.45, 7) is -0.116. The van der Waals surface area contributed by atoms with E-state index in [0.717, 1.165) is 22.7 Å². The second-order valence-electron chi connectivity index (χ2n) is 10.3. The molecule has 1 N–H and O–H groups in total. The van der Waals surface area contributed by atoms with Gasteiger partial charge in [0.25, 0.3) is 5.91 Å². The van der Waals surface area contributed by atoms with E-state index in [1.165, 1.54) is 38.5 Å². The molecule has 0 spiro atoms. The molecule has 162 valence electrons. The molecule has 0 radical (unpaired) electrons. The third-order valence-electron chi connectivity index (χ3n) is 8.08. The number of hydrogen-bond donors (Lipinski definition) is 1. The SMILES string of the molecule is O=C(COC(=O)CN1C(=O)[C@H]2CC=CC[C@@H]2C1=O)NCC12CC3CC(CC(C3)C1)C2. The molecule has 0 aromatic rings. The van der Waals surface area contributed by atoms with Crippen molar-refractivity contribution in [3.63, 3.8) is 0 Å². The highest BCUT2D eigenvalue weighted by atomic mass is 16.5. The van der Waals surface area contributed by atoms with E-state index in [9.17, 15) is 19.2 Å². The first kappa shape index (κ1) is 19.8. The molecule has 7 nitrogen and oxygen atoms in total. The predicted molar refractivity (Wildman–Crippen MR) is 107 cm³/mol. The summed E-state index contributed by atoms with van der Waals surface area (Å²) in [5.74, 6) is 0.0958. The number of nitrogens with one attached hydrogen (secondary N) is 1. The van der Waals surface area contributed by atoms with Crippen LogP contribution in [0.2, 0.25) is 0 Å². The Kier molecular flexibility index (Phi) is 4.94. The van der Waals surface area contributed by atoms with E-state index in [0.29, 0.717) is 19.4 Å². The minimum Gasteiger partial charge on any atom is -0.454 e. The number of hydrogen-bond acceptors (Lipinski definition) is 5. The van der Waals surface area contributed by atoms with E-state index in [1.807, 2.05) is 12.2 Å².